The van der Waals surface area contributed by atoms with Gasteiger partial charge in [-0.3, -0.25) is 0 Å². The van der Waals surface area contributed by atoms with Crippen LogP contribution in [0.15, 0.2) is 0 Å². The molecule has 0 saturated carbocycles. The Kier molecular flexibility index (Phi) is 4.42. The third kappa shape index (κ3) is 2.29. The molecule has 3 heteroatoms. The first-order chi connectivity index (χ1) is 5.50. The summed E-state index contributed by atoms with van der Waals surface area (Å²) in [4.78, 5) is 0. The predicted octanol–water partition coefficient (Wildman–Crippen LogP) is 1.04. The summed E-state index contributed by atoms with van der Waals surface area (Å²) in [6.07, 6.45) is 0.825. The van der Waals surface area contributed by atoms with Gasteiger partial charge >= 0.3 is 0 Å². The van der Waals surface area contributed by atoms with Crippen LogP contribution in [0.3, 0.4) is 0 Å². The Balaban J connectivity index is 4.44. The molecule has 0 aliphatic rings. The lowest BCUT2D eigenvalue weighted by Gasteiger charge is -2.32. The SMILES string of the molecule is CCC(CO)C(C)(C)C(=N)CO. The normalized spacial score (nSPS) is 14.4. The zero-order chi connectivity index (χ0) is 9.78. The molecule has 0 heterocycles. The molecule has 0 aliphatic carbocycles. The molecule has 0 amide bonds. The summed E-state index contributed by atoms with van der Waals surface area (Å²) < 4.78 is 0. The topological polar surface area (TPSA) is 64.3 Å². The number of hydrogen-bond acceptors (Lipinski definition) is 3. The minimum absolute atomic E-state index is 0.0668. The van der Waals surface area contributed by atoms with Gasteiger partial charge in [-0.25, -0.2) is 0 Å². The summed E-state index contributed by atoms with van der Waals surface area (Å²) >= 11 is 0. The lowest BCUT2D eigenvalue weighted by Crippen LogP contribution is -2.36. The van der Waals surface area contributed by atoms with E-state index in [2.05, 4.69) is 0 Å². The average molecular weight is 173 g/mol. The van der Waals surface area contributed by atoms with Gasteiger partial charge in [0, 0.05) is 17.7 Å². The Hall–Kier alpha value is -0.410. The second kappa shape index (κ2) is 4.58. The number of rotatable bonds is 5. The molecule has 1 unspecified atom stereocenters. The van der Waals surface area contributed by atoms with Gasteiger partial charge in [0.05, 0.1) is 6.61 Å². The summed E-state index contributed by atoms with van der Waals surface area (Å²) in [7, 11) is 0. The van der Waals surface area contributed by atoms with E-state index in [1.165, 1.54) is 0 Å². The van der Waals surface area contributed by atoms with Gasteiger partial charge in [0.15, 0.2) is 0 Å². The van der Waals surface area contributed by atoms with Crippen molar-refractivity contribution in [1.29, 1.82) is 5.41 Å². The van der Waals surface area contributed by atoms with E-state index in [9.17, 15) is 0 Å². The minimum atomic E-state index is -0.391. The molecule has 0 aromatic carbocycles. The number of aliphatic hydroxyl groups excluding tert-OH is 2. The molecular weight excluding hydrogens is 154 g/mol. The van der Waals surface area contributed by atoms with E-state index >= 15 is 0 Å². The maximum absolute atomic E-state index is 9.03. The molecular formula is C9H19NO2. The van der Waals surface area contributed by atoms with Crippen LogP contribution in [0.4, 0.5) is 0 Å². The Morgan fingerprint density at radius 3 is 2.17 bits per heavy atom. The van der Waals surface area contributed by atoms with E-state index in [1.54, 1.807) is 0 Å². The second-order valence-corrected chi connectivity index (χ2v) is 3.65. The molecule has 3 nitrogen and oxygen atoms in total. The average Bonchev–Trinajstić information content (AvgIpc) is 2.04. The third-order valence-electron chi connectivity index (χ3n) is 2.67. The van der Waals surface area contributed by atoms with Gasteiger partial charge < -0.3 is 15.6 Å². The van der Waals surface area contributed by atoms with Gasteiger partial charge in [-0.2, -0.15) is 0 Å². The van der Waals surface area contributed by atoms with Crippen LogP contribution >= 0.6 is 0 Å². The molecule has 0 fully saturated rings. The smallest absolute Gasteiger partial charge is 0.0812 e. The summed E-state index contributed by atoms with van der Waals surface area (Å²) in [6.45, 7) is 5.61. The maximum atomic E-state index is 9.03. The zero-order valence-electron chi connectivity index (χ0n) is 8.09. The largest absolute Gasteiger partial charge is 0.396 e. The van der Waals surface area contributed by atoms with Crippen LogP contribution < -0.4 is 0 Å². The van der Waals surface area contributed by atoms with Crippen molar-refractivity contribution < 1.29 is 10.2 Å². The second-order valence-electron chi connectivity index (χ2n) is 3.65. The van der Waals surface area contributed by atoms with Crippen LogP contribution in [0.25, 0.3) is 0 Å². The molecule has 1 atom stereocenters. The molecule has 0 spiro atoms. The fourth-order valence-electron chi connectivity index (χ4n) is 1.32. The highest BCUT2D eigenvalue weighted by Gasteiger charge is 2.31. The predicted molar refractivity (Wildman–Crippen MR) is 49.5 cm³/mol. The quantitative estimate of drug-likeness (QED) is 0.544. The molecule has 0 rings (SSSR count). The molecule has 0 aliphatic heterocycles. The standard InChI is InChI=1S/C9H19NO2/c1-4-7(5-11)9(2,3)8(10)6-12/h7,10-12H,4-6H2,1-3H3. The minimum Gasteiger partial charge on any atom is -0.396 e. The van der Waals surface area contributed by atoms with E-state index in [0.29, 0.717) is 5.71 Å². The maximum Gasteiger partial charge on any atom is 0.0812 e. The lowest BCUT2D eigenvalue weighted by molar-refractivity contribution is 0.153. The van der Waals surface area contributed by atoms with E-state index < -0.39 is 5.41 Å². The van der Waals surface area contributed by atoms with Crippen LogP contribution in [0.1, 0.15) is 27.2 Å². The van der Waals surface area contributed by atoms with Gasteiger partial charge in [-0.15, -0.1) is 0 Å². The third-order valence-corrected chi connectivity index (χ3v) is 2.67. The van der Waals surface area contributed by atoms with Crippen LogP contribution in [-0.4, -0.2) is 29.1 Å². The summed E-state index contributed by atoms with van der Waals surface area (Å²) in [6, 6.07) is 0. The van der Waals surface area contributed by atoms with Crippen molar-refractivity contribution in [3.8, 4) is 0 Å². The summed E-state index contributed by atoms with van der Waals surface area (Å²) in [5.74, 6) is 0.0668. The molecule has 72 valence electrons. The first-order valence-electron chi connectivity index (χ1n) is 4.30. The van der Waals surface area contributed by atoms with Crippen molar-refractivity contribution >= 4 is 5.71 Å². The van der Waals surface area contributed by atoms with Crippen LogP contribution in [-0.2, 0) is 0 Å². The van der Waals surface area contributed by atoms with Crippen molar-refractivity contribution in [1.82, 2.24) is 0 Å². The van der Waals surface area contributed by atoms with Gasteiger partial charge in [0.25, 0.3) is 0 Å². The van der Waals surface area contributed by atoms with E-state index in [1.807, 2.05) is 20.8 Å². The highest BCUT2D eigenvalue weighted by molar-refractivity contribution is 5.87. The number of hydrogen-bond donors (Lipinski definition) is 3. The Morgan fingerprint density at radius 1 is 1.42 bits per heavy atom. The van der Waals surface area contributed by atoms with Gasteiger partial charge in [0.1, 0.15) is 0 Å². The van der Waals surface area contributed by atoms with Crippen LogP contribution in [0.2, 0.25) is 0 Å². The Labute approximate surface area is 73.9 Å². The fourth-order valence-corrected chi connectivity index (χ4v) is 1.32. The molecule has 0 aromatic rings. The first kappa shape index (κ1) is 11.6. The lowest BCUT2D eigenvalue weighted by atomic mass is 9.74. The van der Waals surface area contributed by atoms with Crippen LogP contribution in [0.5, 0.6) is 0 Å². The molecule has 3 N–H and O–H groups in total. The molecule has 0 aromatic heterocycles. The van der Waals surface area contributed by atoms with Crippen LogP contribution in [0, 0.1) is 16.7 Å². The van der Waals surface area contributed by atoms with Crippen molar-refractivity contribution in [3.63, 3.8) is 0 Å². The first-order valence-corrected chi connectivity index (χ1v) is 4.30. The zero-order valence-corrected chi connectivity index (χ0v) is 8.09. The molecule has 0 bridgehead atoms. The van der Waals surface area contributed by atoms with E-state index in [4.69, 9.17) is 15.6 Å². The fraction of sp³-hybridized carbons (Fsp3) is 0.889. The number of nitrogens with one attached hydrogen (secondary N) is 1. The van der Waals surface area contributed by atoms with Crippen molar-refractivity contribution in [3.05, 3.63) is 0 Å². The monoisotopic (exact) mass is 173 g/mol. The van der Waals surface area contributed by atoms with Crippen molar-refractivity contribution in [2.45, 2.75) is 27.2 Å². The van der Waals surface area contributed by atoms with Crippen molar-refractivity contribution in [2.24, 2.45) is 11.3 Å². The van der Waals surface area contributed by atoms with Gasteiger partial charge in [0.2, 0.25) is 0 Å². The van der Waals surface area contributed by atoms with E-state index in [0.717, 1.165) is 6.42 Å². The Morgan fingerprint density at radius 2 is 1.92 bits per heavy atom. The number of aliphatic hydroxyl groups is 2. The summed E-state index contributed by atoms with van der Waals surface area (Å²) in [5, 5.41) is 25.3. The van der Waals surface area contributed by atoms with Gasteiger partial charge in [-0.1, -0.05) is 27.2 Å². The molecule has 0 radical (unpaired) electrons. The van der Waals surface area contributed by atoms with E-state index in [-0.39, 0.29) is 19.1 Å². The summed E-state index contributed by atoms with van der Waals surface area (Å²) in [5.41, 5.74) is -0.0958. The molecule has 12 heavy (non-hydrogen) atoms. The highest BCUT2D eigenvalue weighted by atomic mass is 16.3. The van der Waals surface area contributed by atoms with Gasteiger partial charge in [-0.05, 0) is 5.92 Å². The van der Waals surface area contributed by atoms with Crippen molar-refractivity contribution in [2.75, 3.05) is 13.2 Å². The Bertz CT molecular complexity index is 151. The highest BCUT2D eigenvalue weighted by Crippen LogP contribution is 2.29. The molecule has 0 saturated heterocycles.